The van der Waals surface area contributed by atoms with Gasteiger partial charge in [0.1, 0.15) is 0 Å². The molecule has 2 aliphatic heterocycles. The number of nitrogens with one attached hydrogen (secondary N) is 1. The minimum Gasteiger partial charge on any atom is -0.466 e. The van der Waals surface area contributed by atoms with Crippen LogP contribution in [0, 0.1) is 0 Å². The lowest BCUT2D eigenvalue weighted by atomic mass is 9.79. The van der Waals surface area contributed by atoms with Crippen LogP contribution in [0.4, 0.5) is 0 Å². The second-order valence-corrected chi connectivity index (χ2v) is 6.58. The van der Waals surface area contributed by atoms with Gasteiger partial charge in [0.05, 0.1) is 31.6 Å². The van der Waals surface area contributed by atoms with Crippen LogP contribution in [-0.2, 0) is 23.7 Å². The lowest BCUT2D eigenvalue weighted by Crippen LogP contribution is -2.41. The monoisotopic (exact) mass is 394 g/mol. The molecule has 1 saturated heterocycles. The number of esters is 1. The number of hydrogen-bond donors (Lipinski definition) is 2. The maximum atomic E-state index is 12.7. The Balaban J connectivity index is 2.12. The molecule has 1 aromatic carbocycles. The summed E-state index contributed by atoms with van der Waals surface area (Å²) in [5.74, 6) is -0.947. The van der Waals surface area contributed by atoms with E-state index in [0.29, 0.717) is 29.4 Å². The largest absolute Gasteiger partial charge is 0.466 e. The molecule has 0 amide bonds. The molecule has 0 radical (unpaired) electrons. The first-order valence-corrected chi connectivity index (χ1v) is 9.00. The molecule has 0 aromatic heterocycles. The van der Waals surface area contributed by atoms with Crippen LogP contribution in [0.1, 0.15) is 18.4 Å². The lowest BCUT2D eigenvalue weighted by Gasteiger charge is -2.39. The molecule has 0 saturated carbocycles. The van der Waals surface area contributed by atoms with Crippen LogP contribution in [0.25, 0.3) is 0 Å². The predicted molar refractivity (Wildman–Crippen MR) is 99.8 cm³/mol. The topological polar surface area (TPSA) is 92.0 Å². The number of carbonyl (C=O) groups is 1. The van der Waals surface area contributed by atoms with Gasteiger partial charge in [0.25, 0.3) is 0 Å². The number of ether oxygens (including phenoxy) is 4. The summed E-state index contributed by atoms with van der Waals surface area (Å²) in [7, 11) is 1.35. The van der Waals surface area contributed by atoms with Crippen LogP contribution < -0.4 is 11.1 Å². The predicted octanol–water partition coefficient (Wildman–Crippen LogP) is 2.03. The van der Waals surface area contributed by atoms with Crippen molar-refractivity contribution >= 4 is 17.6 Å². The SMILES string of the molecule is COC(=O)C1=C(COCCN)NC(C)=C(C2OCO2)C1c1ccccc1Cl. The van der Waals surface area contributed by atoms with E-state index in [2.05, 4.69) is 5.32 Å². The van der Waals surface area contributed by atoms with Crippen LogP contribution in [0.5, 0.6) is 0 Å². The van der Waals surface area contributed by atoms with Gasteiger partial charge in [0.2, 0.25) is 0 Å². The van der Waals surface area contributed by atoms with E-state index in [9.17, 15) is 4.79 Å². The smallest absolute Gasteiger partial charge is 0.336 e. The fourth-order valence-corrected chi connectivity index (χ4v) is 3.54. The number of halogens is 1. The van der Waals surface area contributed by atoms with Gasteiger partial charge >= 0.3 is 5.97 Å². The quantitative estimate of drug-likeness (QED) is 0.540. The third-order valence-electron chi connectivity index (χ3n) is 4.52. The molecule has 1 aromatic rings. The van der Waals surface area contributed by atoms with E-state index in [1.165, 1.54) is 7.11 Å². The summed E-state index contributed by atoms with van der Waals surface area (Å²) in [6.45, 7) is 3.07. The number of methoxy groups -OCH3 is 1. The fourth-order valence-electron chi connectivity index (χ4n) is 3.30. The Hall–Kier alpha value is -1.90. The summed E-state index contributed by atoms with van der Waals surface area (Å²) in [5, 5.41) is 3.79. The lowest BCUT2D eigenvalue weighted by molar-refractivity contribution is -0.303. The Morgan fingerprint density at radius 3 is 2.70 bits per heavy atom. The standard InChI is InChI=1S/C19H23ClN2O5/c1-11-15(19-26-10-27-19)16(12-5-3-4-6-13(12)20)17(18(23)24-2)14(22-11)9-25-8-7-21/h3-6,16,19,22H,7-10,21H2,1-2H3. The van der Waals surface area contributed by atoms with Crippen LogP contribution in [0.3, 0.4) is 0 Å². The number of rotatable bonds is 7. The Morgan fingerprint density at radius 2 is 2.11 bits per heavy atom. The molecule has 3 N–H and O–H groups in total. The van der Waals surface area contributed by atoms with Crippen LogP contribution >= 0.6 is 11.6 Å². The first kappa shape index (κ1) is 19.9. The molecule has 0 aliphatic carbocycles. The molecular formula is C19H23ClN2O5. The number of nitrogens with two attached hydrogens (primary N) is 1. The molecule has 0 bridgehead atoms. The zero-order valence-electron chi connectivity index (χ0n) is 15.3. The average molecular weight is 395 g/mol. The van der Waals surface area contributed by atoms with Gasteiger partial charge in [-0.15, -0.1) is 0 Å². The van der Waals surface area contributed by atoms with Crippen molar-refractivity contribution in [3.8, 4) is 0 Å². The Labute approximate surface area is 163 Å². The minimum atomic E-state index is -0.551. The molecule has 7 nitrogen and oxygen atoms in total. The summed E-state index contributed by atoms with van der Waals surface area (Å²) in [4.78, 5) is 12.7. The number of benzene rings is 1. The van der Waals surface area contributed by atoms with Gasteiger partial charge < -0.3 is 30.0 Å². The summed E-state index contributed by atoms with van der Waals surface area (Å²) in [6, 6.07) is 7.38. The van der Waals surface area contributed by atoms with E-state index < -0.39 is 18.2 Å². The number of dihydropyridines is 1. The van der Waals surface area contributed by atoms with Crippen molar-refractivity contribution in [1.29, 1.82) is 0 Å². The highest BCUT2D eigenvalue weighted by atomic mass is 35.5. The normalized spacial score (nSPS) is 20.4. The van der Waals surface area contributed by atoms with Gasteiger partial charge in [-0.1, -0.05) is 29.8 Å². The Morgan fingerprint density at radius 1 is 1.37 bits per heavy atom. The molecule has 8 heteroatoms. The van der Waals surface area contributed by atoms with E-state index in [1.54, 1.807) is 6.07 Å². The van der Waals surface area contributed by atoms with Crippen LogP contribution in [0.2, 0.25) is 5.02 Å². The third-order valence-corrected chi connectivity index (χ3v) is 4.86. The highest BCUT2D eigenvalue weighted by molar-refractivity contribution is 6.31. The van der Waals surface area contributed by atoms with Crippen LogP contribution in [0.15, 0.2) is 46.8 Å². The molecule has 1 unspecified atom stereocenters. The summed E-state index contributed by atoms with van der Waals surface area (Å²) < 4.78 is 21.7. The van der Waals surface area contributed by atoms with Gasteiger partial charge in [-0.2, -0.15) is 0 Å². The van der Waals surface area contributed by atoms with Gasteiger partial charge in [-0.25, -0.2) is 4.79 Å². The van der Waals surface area contributed by atoms with Crippen molar-refractivity contribution in [3.63, 3.8) is 0 Å². The maximum absolute atomic E-state index is 12.7. The summed E-state index contributed by atoms with van der Waals surface area (Å²) >= 11 is 6.48. The van der Waals surface area contributed by atoms with Crippen molar-refractivity contribution in [2.24, 2.45) is 5.73 Å². The molecule has 146 valence electrons. The number of allylic oxidation sites excluding steroid dienone is 1. The minimum absolute atomic E-state index is 0.194. The molecule has 3 rings (SSSR count). The Kier molecular flexibility index (Phi) is 6.51. The fraction of sp³-hybridized carbons (Fsp3) is 0.421. The Bertz CT molecular complexity index is 773. The zero-order chi connectivity index (χ0) is 19.4. The highest BCUT2D eigenvalue weighted by Crippen LogP contribution is 2.44. The number of hydrogen-bond acceptors (Lipinski definition) is 7. The maximum Gasteiger partial charge on any atom is 0.336 e. The van der Waals surface area contributed by atoms with Crippen molar-refractivity contribution in [3.05, 3.63) is 57.4 Å². The zero-order valence-corrected chi connectivity index (χ0v) is 16.0. The van der Waals surface area contributed by atoms with Gasteiger partial charge in [0.15, 0.2) is 13.1 Å². The van der Waals surface area contributed by atoms with Crippen molar-refractivity contribution in [1.82, 2.24) is 5.32 Å². The second kappa shape index (κ2) is 8.86. The van der Waals surface area contributed by atoms with Crippen LogP contribution in [-0.4, -0.2) is 45.9 Å². The first-order chi connectivity index (χ1) is 13.1. The van der Waals surface area contributed by atoms with Crippen molar-refractivity contribution in [2.75, 3.05) is 33.7 Å². The first-order valence-electron chi connectivity index (χ1n) is 8.63. The second-order valence-electron chi connectivity index (χ2n) is 6.17. The van der Waals surface area contributed by atoms with Gasteiger partial charge in [-0.05, 0) is 18.6 Å². The molecular weight excluding hydrogens is 372 g/mol. The van der Waals surface area contributed by atoms with E-state index in [-0.39, 0.29) is 13.4 Å². The van der Waals surface area contributed by atoms with Gasteiger partial charge in [0, 0.05) is 28.8 Å². The van der Waals surface area contributed by atoms with Crippen molar-refractivity contribution in [2.45, 2.75) is 19.1 Å². The molecule has 1 atom stereocenters. The molecule has 2 heterocycles. The molecule has 0 spiro atoms. The summed E-state index contributed by atoms with van der Waals surface area (Å²) in [5.41, 5.74) is 8.92. The van der Waals surface area contributed by atoms with Crippen molar-refractivity contribution < 1.29 is 23.7 Å². The molecule has 1 fully saturated rings. The molecule has 27 heavy (non-hydrogen) atoms. The summed E-state index contributed by atoms with van der Waals surface area (Å²) in [6.07, 6.45) is -0.551. The van der Waals surface area contributed by atoms with E-state index in [4.69, 9.17) is 36.3 Å². The highest BCUT2D eigenvalue weighted by Gasteiger charge is 2.41. The molecule has 2 aliphatic rings. The third kappa shape index (κ3) is 4.02. The van der Waals surface area contributed by atoms with E-state index >= 15 is 0 Å². The van der Waals surface area contributed by atoms with Gasteiger partial charge in [-0.3, -0.25) is 0 Å². The van der Waals surface area contributed by atoms with E-state index in [0.717, 1.165) is 16.8 Å². The number of carbonyl (C=O) groups excluding carboxylic acids is 1. The average Bonchev–Trinajstić information content (AvgIpc) is 2.62. The van der Waals surface area contributed by atoms with E-state index in [1.807, 2.05) is 25.1 Å².